The van der Waals surface area contributed by atoms with Crippen LogP contribution < -0.4 is 4.74 Å². The number of hydrogen-bond donors (Lipinski definition) is 0. The average Bonchev–Trinajstić information content (AvgIpc) is 2.53. The van der Waals surface area contributed by atoms with Crippen molar-refractivity contribution in [2.45, 2.75) is 32.1 Å². The van der Waals surface area contributed by atoms with Crippen LogP contribution in [0, 0.1) is 18.3 Å². The highest BCUT2D eigenvalue weighted by atomic mass is 16.5. The van der Waals surface area contributed by atoms with Crippen molar-refractivity contribution in [3.63, 3.8) is 0 Å². The molecule has 0 heterocycles. The van der Waals surface area contributed by atoms with Crippen LogP contribution in [0.25, 0.3) is 0 Å². The van der Waals surface area contributed by atoms with Gasteiger partial charge in [-0.1, -0.05) is 48.0 Å². The third-order valence-corrected chi connectivity index (χ3v) is 3.53. The standard InChI is InChI=1S/C19H21NO/c1-16-10-12-19(13-11-16)21-14-6-5-9-18(15-20)17-7-3-2-4-8-17/h2-4,7-8,10-13,18H,5-6,9,14H2,1H3. The lowest BCUT2D eigenvalue weighted by atomic mass is 9.95. The fraction of sp³-hybridized carbons (Fsp3) is 0.316. The summed E-state index contributed by atoms with van der Waals surface area (Å²) in [5, 5.41) is 9.26. The topological polar surface area (TPSA) is 33.0 Å². The molecule has 0 N–H and O–H groups in total. The van der Waals surface area contributed by atoms with Gasteiger partial charge in [-0.15, -0.1) is 0 Å². The van der Waals surface area contributed by atoms with E-state index in [-0.39, 0.29) is 5.92 Å². The van der Waals surface area contributed by atoms with E-state index in [1.54, 1.807) is 0 Å². The summed E-state index contributed by atoms with van der Waals surface area (Å²) in [5.74, 6) is 0.908. The van der Waals surface area contributed by atoms with Crippen LogP contribution in [-0.2, 0) is 0 Å². The maximum absolute atomic E-state index is 9.26. The lowest BCUT2D eigenvalue weighted by Crippen LogP contribution is -2.00. The van der Waals surface area contributed by atoms with Gasteiger partial charge in [0.15, 0.2) is 0 Å². The van der Waals surface area contributed by atoms with E-state index in [9.17, 15) is 5.26 Å². The van der Waals surface area contributed by atoms with Gasteiger partial charge in [0.2, 0.25) is 0 Å². The minimum atomic E-state index is -0.00873. The molecule has 1 unspecified atom stereocenters. The van der Waals surface area contributed by atoms with Crippen LogP contribution in [0.1, 0.15) is 36.3 Å². The Morgan fingerprint density at radius 2 is 1.71 bits per heavy atom. The average molecular weight is 279 g/mol. The summed E-state index contributed by atoms with van der Waals surface area (Å²) < 4.78 is 5.70. The molecule has 0 aliphatic carbocycles. The van der Waals surface area contributed by atoms with Crippen molar-refractivity contribution >= 4 is 0 Å². The van der Waals surface area contributed by atoms with Crippen molar-refractivity contribution in [2.75, 3.05) is 6.61 Å². The molecule has 0 bridgehead atoms. The summed E-state index contributed by atoms with van der Waals surface area (Å²) >= 11 is 0. The van der Waals surface area contributed by atoms with Crippen LogP contribution in [0.5, 0.6) is 5.75 Å². The molecule has 21 heavy (non-hydrogen) atoms. The first-order valence-corrected chi connectivity index (χ1v) is 7.43. The zero-order valence-electron chi connectivity index (χ0n) is 12.5. The minimum absolute atomic E-state index is 0.00873. The molecule has 0 aromatic heterocycles. The van der Waals surface area contributed by atoms with Crippen LogP contribution in [0.15, 0.2) is 54.6 Å². The third-order valence-electron chi connectivity index (χ3n) is 3.53. The Kier molecular flexibility index (Phi) is 5.84. The summed E-state index contributed by atoms with van der Waals surface area (Å²) in [5.41, 5.74) is 2.35. The second kappa shape index (κ2) is 8.11. The number of hydrogen-bond acceptors (Lipinski definition) is 2. The number of unbranched alkanes of at least 4 members (excludes halogenated alkanes) is 1. The van der Waals surface area contributed by atoms with E-state index in [1.807, 2.05) is 42.5 Å². The van der Waals surface area contributed by atoms with Gasteiger partial charge in [-0.3, -0.25) is 0 Å². The van der Waals surface area contributed by atoms with Gasteiger partial charge >= 0.3 is 0 Å². The summed E-state index contributed by atoms with van der Waals surface area (Å²) in [6.45, 7) is 2.77. The molecule has 0 saturated carbocycles. The first-order chi connectivity index (χ1) is 10.3. The van der Waals surface area contributed by atoms with E-state index in [0.29, 0.717) is 6.61 Å². The fourth-order valence-corrected chi connectivity index (χ4v) is 2.27. The maximum atomic E-state index is 9.26. The van der Waals surface area contributed by atoms with Crippen molar-refractivity contribution in [1.29, 1.82) is 5.26 Å². The van der Waals surface area contributed by atoms with Gasteiger partial charge in [-0.05, 0) is 43.9 Å². The molecule has 2 rings (SSSR count). The van der Waals surface area contributed by atoms with Gasteiger partial charge in [0.25, 0.3) is 0 Å². The third kappa shape index (κ3) is 4.96. The largest absolute Gasteiger partial charge is 0.494 e. The number of nitriles is 1. The molecule has 0 saturated heterocycles. The van der Waals surface area contributed by atoms with Gasteiger partial charge in [0.05, 0.1) is 18.6 Å². The molecule has 0 radical (unpaired) electrons. The first-order valence-electron chi connectivity index (χ1n) is 7.43. The van der Waals surface area contributed by atoms with E-state index in [4.69, 9.17) is 4.74 Å². The Morgan fingerprint density at radius 3 is 2.38 bits per heavy atom. The summed E-state index contributed by atoms with van der Waals surface area (Å²) in [6, 6.07) is 20.5. The zero-order chi connectivity index (χ0) is 14.9. The molecular formula is C19H21NO. The molecule has 2 nitrogen and oxygen atoms in total. The van der Waals surface area contributed by atoms with Crippen LogP contribution >= 0.6 is 0 Å². The molecule has 0 fully saturated rings. The van der Waals surface area contributed by atoms with Crippen molar-refractivity contribution in [1.82, 2.24) is 0 Å². The Balaban J connectivity index is 1.69. The van der Waals surface area contributed by atoms with E-state index in [2.05, 4.69) is 25.1 Å². The molecule has 0 aliphatic heterocycles. The normalized spacial score (nSPS) is 11.6. The quantitative estimate of drug-likeness (QED) is 0.679. The smallest absolute Gasteiger partial charge is 0.119 e. The van der Waals surface area contributed by atoms with E-state index in [1.165, 1.54) is 5.56 Å². The Morgan fingerprint density at radius 1 is 1.00 bits per heavy atom. The lowest BCUT2D eigenvalue weighted by molar-refractivity contribution is 0.304. The molecule has 108 valence electrons. The number of aryl methyl sites for hydroxylation is 1. The summed E-state index contributed by atoms with van der Waals surface area (Å²) in [6.07, 6.45) is 2.86. The Hall–Kier alpha value is -2.27. The number of rotatable bonds is 7. The van der Waals surface area contributed by atoms with Crippen LogP contribution in [0.4, 0.5) is 0 Å². The molecular weight excluding hydrogens is 258 g/mol. The van der Waals surface area contributed by atoms with Crippen molar-refractivity contribution in [3.05, 3.63) is 65.7 Å². The van der Waals surface area contributed by atoms with Crippen molar-refractivity contribution < 1.29 is 4.74 Å². The second-order valence-electron chi connectivity index (χ2n) is 5.25. The fourth-order valence-electron chi connectivity index (χ4n) is 2.27. The lowest BCUT2D eigenvalue weighted by Gasteiger charge is -2.10. The van der Waals surface area contributed by atoms with Crippen LogP contribution in [0.2, 0.25) is 0 Å². The molecule has 0 spiro atoms. The minimum Gasteiger partial charge on any atom is -0.494 e. The van der Waals surface area contributed by atoms with E-state index < -0.39 is 0 Å². The highest BCUT2D eigenvalue weighted by molar-refractivity contribution is 5.26. The molecule has 0 aliphatic rings. The molecule has 2 aromatic carbocycles. The second-order valence-corrected chi connectivity index (χ2v) is 5.25. The Bertz CT molecular complexity index is 569. The number of nitrogens with zero attached hydrogens (tertiary/aromatic N) is 1. The van der Waals surface area contributed by atoms with Gasteiger partial charge < -0.3 is 4.74 Å². The monoisotopic (exact) mass is 279 g/mol. The molecule has 0 amide bonds. The van der Waals surface area contributed by atoms with Gasteiger partial charge in [-0.2, -0.15) is 5.26 Å². The molecule has 2 heteroatoms. The van der Waals surface area contributed by atoms with Gasteiger partial charge in [0, 0.05) is 0 Å². The van der Waals surface area contributed by atoms with Crippen LogP contribution in [-0.4, -0.2) is 6.61 Å². The molecule has 2 aromatic rings. The number of ether oxygens (including phenoxy) is 1. The van der Waals surface area contributed by atoms with Crippen LogP contribution in [0.3, 0.4) is 0 Å². The summed E-state index contributed by atoms with van der Waals surface area (Å²) in [4.78, 5) is 0. The Labute approximate surface area is 127 Å². The predicted octanol–water partition coefficient (Wildman–Crippen LogP) is 4.85. The van der Waals surface area contributed by atoms with Crippen molar-refractivity contribution in [2.24, 2.45) is 0 Å². The summed E-state index contributed by atoms with van der Waals surface area (Å²) in [7, 11) is 0. The predicted molar refractivity (Wildman–Crippen MR) is 85.3 cm³/mol. The zero-order valence-corrected chi connectivity index (χ0v) is 12.5. The highest BCUT2D eigenvalue weighted by Crippen LogP contribution is 2.21. The first kappa shape index (κ1) is 15.1. The van der Waals surface area contributed by atoms with E-state index >= 15 is 0 Å². The highest BCUT2D eigenvalue weighted by Gasteiger charge is 2.09. The maximum Gasteiger partial charge on any atom is 0.119 e. The van der Waals surface area contributed by atoms with E-state index in [0.717, 1.165) is 30.6 Å². The SMILES string of the molecule is Cc1ccc(OCCCCC(C#N)c2ccccc2)cc1. The van der Waals surface area contributed by atoms with Gasteiger partial charge in [-0.25, -0.2) is 0 Å². The molecule has 1 atom stereocenters. The number of benzene rings is 2. The van der Waals surface area contributed by atoms with Gasteiger partial charge in [0.1, 0.15) is 5.75 Å². The van der Waals surface area contributed by atoms with Crippen molar-refractivity contribution in [3.8, 4) is 11.8 Å².